The summed E-state index contributed by atoms with van der Waals surface area (Å²) in [6.45, 7) is 19.1. The van der Waals surface area contributed by atoms with Crippen LogP contribution in [0, 0.1) is 23.4 Å². The molecule has 7 rings (SSSR count). The molecular formula is C48H58I2. The van der Waals surface area contributed by atoms with Crippen molar-refractivity contribution in [2.24, 2.45) is 16.2 Å². The second-order valence-electron chi connectivity index (χ2n) is 16.7. The molecule has 0 amide bonds. The third-order valence-electron chi connectivity index (χ3n) is 12.3. The van der Waals surface area contributed by atoms with Crippen LogP contribution in [0.15, 0.2) is 109 Å². The van der Waals surface area contributed by atoms with E-state index in [1.807, 2.05) is 7.09 Å². The fourth-order valence-electron chi connectivity index (χ4n) is 9.39. The van der Waals surface area contributed by atoms with Crippen LogP contribution in [0.5, 0.6) is 0 Å². The van der Waals surface area contributed by atoms with Gasteiger partial charge in [0.15, 0.2) is 0 Å². The molecule has 0 N–H and O–H groups in total. The van der Waals surface area contributed by atoms with Gasteiger partial charge in [0.1, 0.15) is 0 Å². The summed E-state index contributed by atoms with van der Waals surface area (Å²) in [5.41, 5.74) is 12.7. The Morgan fingerprint density at radius 1 is 0.900 bits per heavy atom. The van der Waals surface area contributed by atoms with Crippen LogP contribution >= 0.6 is 40.6 Å². The maximum absolute atomic E-state index is 4.78. The van der Waals surface area contributed by atoms with Crippen molar-refractivity contribution in [2.75, 3.05) is 4.43 Å². The van der Waals surface area contributed by atoms with Gasteiger partial charge in [-0.3, -0.25) is 0 Å². The Bertz CT molecular complexity index is 1870. The van der Waals surface area contributed by atoms with Crippen LogP contribution in [-0.2, 0) is 0 Å². The predicted molar refractivity (Wildman–Crippen MR) is 237 cm³/mol. The number of unbranched alkanes of at least 4 members (excludes halogenated alkanes) is 1. The molecule has 0 spiro atoms. The molecule has 3 aliphatic carbocycles. The van der Waals surface area contributed by atoms with Crippen LogP contribution in [0.25, 0.3) is 11.1 Å². The fraction of sp³-hybridized carbons (Fsp3) is 0.438. The summed E-state index contributed by atoms with van der Waals surface area (Å²) in [7, 11) is 0. The Balaban J connectivity index is 1.07. The van der Waals surface area contributed by atoms with Crippen LogP contribution in [-0.4, -0.2) is 5.94 Å². The van der Waals surface area contributed by atoms with Crippen molar-refractivity contribution in [1.82, 2.24) is 0 Å². The standard InChI is InChI=1S/C48H58I2/c1-34(2)36-23-25-37(26-24-36)41-28-31-46(4,5)44(47(41,6)7)22-14-16-35(3)39-18-8-9-19-40(39)45-49-42-20-10-11-21-43(42)50(45)33-13-12-29-48-30-15-17-38(48)27-32-48/h8-11,17-26,28,34H,3,12-16,27,29-33H2,1-2,4-7H3/b44-22+. The molecule has 3 aromatic rings. The Morgan fingerprint density at radius 3 is 2.40 bits per heavy atom. The molecule has 3 aromatic carbocycles. The molecule has 0 bridgehead atoms. The zero-order chi connectivity index (χ0) is 35.1. The first kappa shape index (κ1) is 36.3. The third-order valence-corrected chi connectivity index (χ3v) is 26.5. The summed E-state index contributed by atoms with van der Waals surface area (Å²) < 4.78 is 6.82. The molecule has 1 aliphatic heterocycles. The van der Waals surface area contributed by atoms with Gasteiger partial charge >= 0.3 is 286 Å². The van der Waals surface area contributed by atoms with E-state index in [2.05, 4.69) is 133 Å². The predicted octanol–water partition coefficient (Wildman–Crippen LogP) is 14.7. The first-order valence-electron chi connectivity index (χ1n) is 19.3. The second kappa shape index (κ2) is 14.8. The van der Waals surface area contributed by atoms with Crippen molar-refractivity contribution in [2.45, 2.75) is 112 Å². The van der Waals surface area contributed by atoms with Gasteiger partial charge in [0.05, 0.1) is 0 Å². The molecule has 0 saturated heterocycles. The van der Waals surface area contributed by atoms with E-state index in [0.29, 0.717) is 11.3 Å². The average Bonchev–Trinajstić information content (AvgIpc) is 3.60. The van der Waals surface area contributed by atoms with Gasteiger partial charge in [-0.1, -0.05) is 26.0 Å². The van der Waals surface area contributed by atoms with Gasteiger partial charge in [0, 0.05) is 0 Å². The van der Waals surface area contributed by atoms with E-state index in [9.17, 15) is 0 Å². The quantitative estimate of drug-likeness (QED) is 0.0736. The molecule has 50 heavy (non-hydrogen) atoms. The number of hydrogen-bond donors (Lipinski definition) is 0. The zero-order valence-corrected chi connectivity index (χ0v) is 35.8. The number of hydrogen-bond acceptors (Lipinski definition) is 0. The first-order chi connectivity index (χ1) is 24.0. The van der Waals surface area contributed by atoms with Crippen molar-refractivity contribution >= 4 is 53.2 Å². The summed E-state index contributed by atoms with van der Waals surface area (Å²) in [5, 5.41) is 0. The monoisotopic (exact) mass is 888 g/mol. The summed E-state index contributed by atoms with van der Waals surface area (Å²) in [6.07, 6.45) is 20.7. The van der Waals surface area contributed by atoms with Gasteiger partial charge in [-0.15, -0.1) is 0 Å². The number of alkyl halides is 1. The molecule has 2 heteroatoms. The number of halogens is 2. The van der Waals surface area contributed by atoms with Gasteiger partial charge in [-0.05, 0) is 11.5 Å². The van der Waals surface area contributed by atoms with E-state index >= 15 is 0 Å². The van der Waals surface area contributed by atoms with Crippen molar-refractivity contribution in [1.29, 1.82) is 0 Å². The van der Waals surface area contributed by atoms with E-state index in [0.717, 1.165) is 19.3 Å². The summed E-state index contributed by atoms with van der Waals surface area (Å²) in [5.74, 6) is 0.558. The van der Waals surface area contributed by atoms with Crippen LogP contribution in [0.1, 0.15) is 134 Å². The zero-order valence-electron chi connectivity index (χ0n) is 31.5. The first-order valence-corrected chi connectivity index (χ1v) is 25.1. The topological polar surface area (TPSA) is 0 Å². The fourth-order valence-corrected chi connectivity index (χ4v) is 25.5. The second-order valence-corrected chi connectivity index (χ2v) is 27.0. The van der Waals surface area contributed by atoms with Gasteiger partial charge in [-0.25, -0.2) is 0 Å². The van der Waals surface area contributed by atoms with E-state index in [-0.39, 0.29) is 31.6 Å². The molecule has 0 radical (unpaired) electrons. The molecule has 1 saturated carbocycles. The minimum absolute atomic E-state index is 0.0103. The van der Waals surface area contributed by atoms with Crippen molar-refractivity contribution in [3.8, 4) is 0 Å². The molecule has 0 nitrogen and oxygen atoms in total. The Morgan fingerprint density at radius 2 is 1.66 bits per heavy atom. The summed E-state index contributed by atoms with van der Waals surface area (Å²) in [4.78, 5) is 0. The molecular weight excluding hydrogens is 830 g/mol. The third kappa shape index (κ3) is 7.03. The SMILES string of the molecule is C=C(CC/C=C1\C(C)(C)CC=C(c2ccc(C(C)C)cc2)C1(C)C)c1ccccc1C1=Ic2ccccc2I1CCCCC12CCC=C1CC2. The van der Waals surface area contributed by atoms with E-state index < -0.39 is 19.8 Å². The molecule has 1 heterocycles. The van der Waals surface area contributed by atoms with Gasteiger partial charge in [-0.2, -0.15) is 0 Å². The summed E-state index contributed by atoms with van der Waals surface area (Å²) >= 11 is -1.55. The van der Waals surface area contributed by atoms with Crippen LogP contribution in [0.4, 0.5) is 0 Å². The van der Waals surface area contributed by atoms with E-state index in [4.69, 9.17) is 6.58 Å². The van der Waals surface area contributed by atoms with Crippen LogP contribution < -0.4 is 0 Å². The molecule has 1 fully saturated rings. The Hall–Kier alpha value is -2.05. The molecule has 1 atom stereocenters. The number of fused-ring (bicyclic) bond motifs is 2. The van der Waals surface area contributed by atoms with Crippen molar-refractivity contribution in [3.63, 3.8) is 0 Å². The van der Waals surface area contributed by atoms with Crippen LogP contribution in [0.2, 0.25) is 0 Å². The maximum atomic E-state index is 4.78. The molecule has 1 unspecified atom stereocenters. The average molecular weight is 889 g/mol. The normalized spacial score (nSPS) is 23.4. The molecule has 4 aliphatic rings. The molecule has 264 valence electrons. The Labute approximate surface area is 321 Å². The molecule has 0 aromatic heterocycles. The van der Waals surface area contributed by atoms with Gasteiger partial charge in [0.2, 0.25) is 0 Å². The number of allylic oxidation sites excluding steroid dienone is 7. The Kier molecular flexibility index (Phi) is 10.7. The van der Waals surface area contributed by atoms with Crippen molar-refractivity contribution < 1.29 is 0 Å². The van der Waals surface area contributed by atoms with E-state index in [1.54, 1.807) is 18.3 Å². The van der Waals surface area contributed by atoms with Crippen LogP contribution in [0.3, 0.4) is 0 Å². The van der Waals surface area contributed by atoms with Gasteiger partial charge in [0.25, 0.3) is 0 Å². The number of rotatable bonds is 12. The number of benzene rings is 3. The van der Waals surface area contributed by atoms with Crippen molar-refractivity contribution in [3.05, 3.63) is 138 Å². The van der Waals surface area contributed by atoms with Gasteiger partial charge < -0.3 is 0 Å². The minimum atomic E-state index is -1.44. The summed E-state index contributed by atoms with van der Waals surface area (Å²) in [6, 6.07) is 28.3. The van der Waals surface area contributed by atoms with E-state index in [1.165, 1.54) is 77.2 Å².